The molecule has 4 heteroatoms. The summed E-state index contributed by atoms with van der Waals surface area (Å²) in [5.41, 5.74) is 2.20. The third kappa shape index (κ3) is 3.20. The van der Waals surface area contributed by atoms with E-state index < -0.39 is 0 Å². The van der Waals surface area contributed by atoms with E-state index in [2.05, 4.69) is 35.2 Å². The van der Waals surface area contributed by atoms with Crippen LogP contribution in [0.4, 0.5) is 5.69 Å². The number of amidine groups is 1. The molecule has 2 atom stereocenters. The van der Waals surface area contributed by atoms with E-state index in [4.69, 9.17) is 9.73 Å². The highest BCUT2D eigenvalue weighted by Crippen LogP contribution is 2.38. The standard InChI is InChI=1S/C19H20N2O.ClH/c1-3-9-15(10-4-1)18-17-13-7-8-14-21(17)19(22-18)20-16-11-5-2-6-12-16;/h1-6,9-12,17-18H,7-8,13-14H2;1H/t17-,18-;/m1./s1. The van der Waals surface area contributed by atoms with Gasteiger partial charge in [0.25, 0.3) is 6.02 Å². The molecule has 2 aliphatic heterocycles. The van der Waals surface area contributed by atoms with Crippen LogP contribution < -0.4 is 0 Å². The van der Waals surface area contributed by atoms with E-state index in [1.54, 1.807) is 0 Å². The fourth-order valence-corrected chi connectivity index (χ4v) is 3.41. The number of fused-ring (bicyclic) bond motifs is 1. The zero-order valence-corrected chi connectivity index (χ0v) is 13.8. The zero-order valence-electron chi connectivity index (χ0n) is 13.0. The molecule has 4 rings (SSSR count). The Bertz CT molecular complexity index is 660. The lowest BCUT2D eigenvalue weighted by Crippen LogP contribution is -2.38. The molecular formula is C19H21ClN2O. The van der Waals surface area contributed by atoms with Crippen molar-refractivity contribution in [3.05, 3.63) is 66.2 Å². The fourth-order valence-electron chi connectivity index (χ4n) is 3.41. The molecular weight excluding hydrogens is 308 g/mol. The van der Waals surface area contributed by atoms with E-state index in [1.165, 1.54) is 24.8 Å². The van der Waals surface area contributed by atoms with Crippen LogP contribution in [0.3, 0.4) is 0 Å². The second kappa shape index (κ2) is 7.05. The first kappa shape index (κ1) is 15.9. The Morgan fingerprint density at radius 1 is 0.913 bits per heavy atom. The molecule has 0 unspecified atom stereocenters. The van der Waals surface area contributed by atoms with Gasteiger partial charge in [-0.15, -0.1) is 12.4 Å². The van der Waals surface area contributed by atoms with Gasteiger partial charge in [0.05, 0.1) is 11.7 Å². The van der Waals surface area contributed by atoms with E-state index in [0.29, 0.717) is 6.04 Å². The maximum atomic E-state index is 6.27. The number of halogens is 1. The van der Waals surface area contributed by atoms with Crippen molar-refractivity contribution < 1.29 is 4.74 Å². The molecule has 2 heterocycles. The van der Waals surface area contributed by atoms with Crippen LogP contribution in [-0.4, -0.2) is 23.5 Å². The Labute approximate surface area is 143 Å². The second-order valence-electron chi connectivity index (χ2n) is 5.94. The van der Waals surface area contributed by atoms with Crippen LogP contribution in [0.5, 0.6) is 0 Å². The quantitative estimate of drug-likeness (QED) is 0.796. The highest BCUT2D eigenvalue weighted by molar-refractivity contribution is 5.85. The monoisotopic (exact) mass is 328 g/mol. The van der Waals surface area contributed by atoms with E-state index in [0.717, 1.165) is 18.3 Å². The Hall–Kier alpha value is -2.00. The van der Waals surface area contributed by atoms with Crippen LogP contribution >= 0.6 is 12.4 Å². The van der Waals surface area contributed by atoms with Crippen LogP contribution in [0, 0.1) is 0 Å². The predicted molar refractivity (Wildman–Crippen MR) is 95.4 cm³/mol. The lowest BCUT2D eigenvalue weighted by Gasteiger charge is -2.30. The molecule has 2 aromatic rings. The Kier molecular flexibility index (Phi) is 4.87. The summed E-state index contributed by atoms with van der Waals surface area (Å²) in [4.78, 5) is 7.09. The van der Waals surface area contributed by atoms with Crippen LogP contribution in [0.15, 0.2) is 65.7 Å². The van der Waals surface area contributed by atoms with Crippen molar-refractivity contribution in [3.63, 3.8) is 0 Å². The molecule has 2 saturated heterocycles. The molecule has 0 N–H and O–H groups in total. The second-order valence-corrected chi connectivity index (χ2v) is 5.94. The number of piperidine rings is 1. The molecule has 120 valence electrons. The number of ether oxygens (including phenoxy) is 1. The van der Waals surface area contributed by atoms with Crippen LogP contribution in [0.25, 0.3) is 0 Å². The summed E-state index contributed by atoms with van der Waals surface area (Å²) in [5.74, 6) is 0. The van der Waals surface area contributed by atoms with Crippen LogP contribution in [-0.2, 0) is 4.74 Å². The highest BCUT2D eigenvalue weighted by Gasteiger charge is 2.42. The molecule has 2 fully saturated rings. The van der Waals surface area contributed by atoms with Crippen molar-refractivity contribution in [1.29, 1.82) is 0 Å². The lowest BCUT2D eigenvalue weighted by molar-refractivity contribution is 0.168. The van der Waals surface area contributed by atoms with E-state index in [-0.39, 0.29) is 18.5 Å². The molecule has 0 bridgehead atoms. The zero-order chi connectivity index (χ0) is 14.8. The Balaban J connectivity index is 0.00000156. The molecule has 0 saturated carbocycles. The third-order valence-electron chi connectivity index (χ3n) is 4.49. The lowest BCUT2D eigenvalue weighted by atomic mass is 9.94. The van der Waals surface area contributed by atoms with Gasteiger partial charge in [-0.2, -0.15) is 4.99 Å². The van der Waals surface area contributed by atoms with Crippen molar-refractivity contribution in [2.24, 2.45) is 4.99 Å². The van der Waals surface area contributed by atoms with Crippen molar-refractivity contribution in [2.45, 2.75) is 31.4 Å². The topological polar surface area (TPSA) is 24.8 Å². The molecule has 23 heavy (non-hydrogen) atoms. The van der Waals surface area contributed by atoms with Gasteiger partial charge in [0.1, 0.15) is 6.10 Å². The van der Waals surface area contributed by atoms with Gasteiger partial charge >= 0.3 is 0 Å². The summed E-state index contributed by atoms with van der Waals surface area (Å²) in [5, 5.41) is 0. The Morgan fingerprint density at radius 2 is 1.61 bits per heavy atom. The summed E-state index contributed by atoms with van der Waals surface area (Å²) in [6.45, 7) is 1.04. The highest BCUT2D eigenvalue weighted by atomic mass is 35.5. The van der Waals surface area contributed by atoms with Gasteiger partial charge in [0.2, 0.25) is 0 Å². The van der Waals surface area contributed by atoms with Gasteiger partial charge in [0.15, 0.2) is 0 Å². The van der Waals surface area contributed by atoms with Gasteiger partial charge in [-0.3, -0.25) is 0 Å². The molecule has 0 spiro atoms. The van der Waals surface area contributed by atoms with E-state index >= 15 is 0 Å². The molecule has 0 radical (unpaired) electrons. The van der Waals surface area contributed by atoms with Gasteiger partial charge in [-0.1, -0.05) is 48.5 Å². The minimum atomic E-state index is 0. The summed E-state index contributed by atoms with van der Waals surface area (Å²) in [6, 6.07) is 21.8. The van der Waals surface area contributed by atoms with Crippen molar-refractivity contribution in [2.75, 3.05) is 6.54 Å². The van der Waals surface area contributed by atoms with E-state index in [1.807, 2.05) is 30.3 Å². The average Bonchev–Trinajstić information content (AvgIpc) is 2.96. The molecule has 2 aliphatic rings. The van der Waals surface area contributed by atoms with Crippen molar-refractivity contribution in [1.82, 2.24) is 4.90 Å². The normalized spacial score (nSPS) is 24.7. The van der Waals surface area contributed by atoms with Gasteiger partial charge in [0, 0.05) is 6.54 Å². The third-order valence-corrected chi connectivity index (χ3v) is 4.49. The number of para-hydroxylation sites is 1. The van der Waals surface area contributed by atoms with Gasteiger partial charge in [-0.25, -0.2) is 0 Å². The smallest absolute Gasteiger partial charge is 0.293 e. The number of hydrogen-bond donors (Lipinski definition) is 0. The number of benzene rings is 2. The molecule has 3 nitrogen and oxygen atoms in total. The molecule has 2 aromatic carbocycles. The van der Waals surface area contributed by atoms with Gasteiger partial charge < -0.3 is 9.64 Å². The summed E-state index contributed by atoms with van der Waals surface area (Å²) in [6.07, 6.45) is 3.76. The average molecular weight is 329 g/mol. The maximum absolute atomic E-state index is 6.27. The van der Waals surface area contributed by atoms with Crippen LogP contribution in [0.2, 0.25) is 0 Å². The summed E-state index contributed by atoms with van der Waals surface area (Å²) in [7, 11) is 0. The molecule has 0 aromatic heterocycles. The minimum Gasteiger partial charge on any atom is -0.454 e. The largest absolute Gasteiger partial charge is 0.454 e. The number of nitrogens with zero attached hydrogens (tertiary/aromatic N) is 2. The number of rotatable bonds is 2. The molecule has 0 aliphatic carbocycles. The van der Waals surface area contributed by atoms with Crippen LogP contribution in [0.1, 0.15) is 30.9 Å². The minimum absolute atomic E-state index is 0. The number of hydrogen-bond acceptors (Lipinski definition) is 2. The van der Waals surface area contributed by atoms with Crippen molar-refractivity contribution >= 4 is 24.1 Å². The molecule has 0 amide bonds. The first-order valence-electron chi connectivity index (χ1n) is 8.04. The summed E-state index contributed by atoms with van der Waals surface area (Å²) >= 11 is 0. The summed E-state index contributed by atoms with van der Waals surface area (Å²) < 4.78 is 6.27. The van der Waals surface area contributed by atoms with Gasteiger partial charge in [-0.05, 0) is 37.0 Å². The SMILES string of the molecule is Cl.c1ccc(N=C2O[C@H](c3ccccc3)[C@H]3CCCCN23)cc1. The van der Waals surface area contributed by atoms with Crippen molar-refractivity contribution in [3.8, 4) is 0 Å². The fraction of sp³-hybridized carbons (Fsp3) is 0.316. The predicted octanol–water partition coefficient (Wildman–Crippen LogP) is 4.72. The Morgan fingerprint density at radius 3 is 2.35 bits per heavy atom. The maximum Gasteiger partial charge on any atom is 0.293 e. The first-order chi connectivity index (χ1) is 10.9. The first-order valence-corrected chi connectivity index (χ1v) is 8.04. The number of aliphatic imine (C=N–C) groups is 1. The van der Waals surface area contributed by atoms with E-state index in [9.17, 15) is 0 Å².